The lowest BCUT2D eigenvalue weighted by molar-refractivity contribution is -0.346. The summed E-state index contributed by atoms with van der Waals surface area (Å²) in [7, 11) is 0. The minimum atomic E-state index is -0.602. The molecule has 0 bridgehead atoms. The number of pyridine rings is 1. The number of hydrogen-bond acceptors (Lipinski definition) is 7. The van der Waals surface area contributed by atoms with Gasteiger partial charge in [0.1, 0.15) is 10.8 Å². The summed E-state index contributed by atoms with van der Waals surface area (Å²) in [6.07, 6.45) is 1.61. The van der Waals surface area contributed by atoms with E-state index in [4.69, 9.17) is 34.8 Å². The lowest BCUT2D eigenvalue weighted by atomic mass is 10.2. The minimum absolute atomic E-state index is 0.172. The predicted molar refractivity (Wildman–Crippen MR) is 106 cm³/mol. The van der Waals surface area contributed by atoms with Crippen LogP contribution < -0.4 is 5.43 Å². The second-order valence-corrected chi connectivity index (χ2v) is 6.72. The fraction of sp³-hybridized carbons (Fsp3) is 0.188. The van der Waals surface area contributed by atoms with E-state index in [0.29, 0.717) is 34.8 Å². The van der Waals surface area contributed by atoms with Crippen LogP contribution in [-0.4, -0.2) is 39.6 Å². The van der Waals surface area contributed by atoms with E-state index in [1.807, 2.05) is 0 Å². The van der Waals surface area contributed by atoms with Gasteiger partial charge in [0.25, 0.3) is 0 Å². The summed E-state index contributed by atoms with van der Waals surface area (Å²) in [6, 6.07) is 8.33. The molecule has 1 aromatic heterocycles. The highest BCUT2D eigenvalue weighted by Crippen LogP contribution is 2.29. The Balaban J connectivity index is 1.83. The lowest BCUT2D eigenvalue weighted by Crippen LogP contribution is -2.37. The molecule has 0 atom stereocenters. The van der Waals surface area contributed by atoms with Gasteiger partial charge in [-0.15, -0.1) is 0 Å². The highest BCUT2D eigenvalue weighted by Gasteiger charge is 2.31. The predicted octanol–water partition coefficient (Wildman–Crippen LogP) is 3.96. The van der Waals surface area contributed by atoms with Crippen molar-refractivity contribution in [3.63, 3.8) is 0 Å². The molecule has 1 aliphatic heterocycles. The highest BCUT2D eigenvalue weighted by atomic mass is 35.5. The van der Waals surface area contributed by atoms with Gasteiger partial charge in [0, 0.05) is 19.3 Å². The second kappa shape index (κ2) is 8.51. The number of nitrogens with zero attached hydrogens (tertiary/aromatic N) is 5. The highest BCUT2D eigenvalue weighted by molar-refractivity contribution is 6.39. The van der Waals surface area contributed by atoms with Gasteiger partial charge in [-0.3, -0.25) is 4.99 Å². The van der Waals surface area contributed by atoms with Gasteiger partial charge < -0.3 is 15.0 Å². The fourth-order valence-electron chi connectivity index (χ4n) is 2.45. The third kappa shape index (κ3) is 4.65. The van der Waals surface area contributed by atoms with Gasteiger partial charge in [-0.05, 0) is 28.7 Å². The molecule has 0 radical (unpaired) electrons. The number of nitro groups is 1. The number of benzene rings is 1. The van der Waals surface area contributed by atoms with Crippen LogP contribution in [0.5, 0.6) is 0 Å². The number of aliphatic imine (C=N–C) groups is 1. The molecule has 1 aromatic carbocycles. The summed E-state index contributed by atoms with van der Waals surface area (Å²) >= 11 is 17.9. The van der Waals surface area contributed by atoms with Crippen LogP contribution in [-0.2, 0) is 6.54 Å². The van der Waals surface area contributed by atoms with E-state index in [0.717, 1.165) is 5.56 Å². The Hall–Kier alpha value is -2.42. The number of hydrogen-bond donors (Lipinski definition) is 1. The Bertz CT molecular complexity index is 897. The Morgan fingerprint density at radius 1 is 1.26 bits per heavy atom. The van der Waals surface area contributed by atoms with Crippen molar-refractivity contribution in [3.8, 4) is 0 Å². The summed E-state index contributed by atoms with van der Waals surface area (Å²) in [5, 5.41) is 16.4. The van der Waals surface area contributed by atoms with Crippen LogP contribution >= 0.6 is 34.8 Å². The van der Waals surface area contributed by atoms with Crippen LogP contribution in [0.1, 0.15) is 5.56 Å². The maximum absolute atomic E-state index is 11.6. The number of halogens is 3. The Labute approximate surface area is 169 Å². The second-order valence-electron chi connectivity index (χ2n) is 5.52. The maximum Gasteiger partial charge on any atom is 0.430 e. The number of hydrazone groups is 1. The first kappa shape index (κ1) is 19.3. The molecule has 0 unspecified atom stereocenters. The van der Waals surface area contributed by atoms with Gasteiger partial charge in [-0.25, -0.2) is 4.98 Å². The van der Waals surface area contributed by atoms with Gasteiger partial charge in [-0.2, -0.15) is 5.43 Å². The van der Waals surface area contributed by atoms with Gasteiger partial charge in [0.15, 0.2) is 0 Å². The van der Waals surface area contributed by atoms with Crippen molar-refractivity contribution < 1.29 is 4.92 Å². The molecule has 0 amide bonds. The Morgan fingerprint density at radius 3 is 2.63 bits per heavy atom. The molecule has 0 aliphatic carbocycles. The number of amidine groups is 2. The van der Waals surface area contributed by atoms with E-state index in [9.17, 15) is 10.1 Å². The third-order valence-electron chi connectivity index (χ3n) is 3.70. The van der Waals surface area contributed by atoms with Crippen molar-refractivity contribution in [3.05, 3.63) is 67.4 Å². The number of aromatic nitrogens is 1. The monoisotopic (exact) mass is 426 g/mol. The number of para-hydroxylation sites is 1. The molecule has 27 heavy (non-hydrogen) atoms. The van der Waals surface area contributed by atoms with Crippen LogP contribution in [0.4, 0.5) is 5.69 Å². The number of nitrogens with one attached hydrogen (secondary N) is 1. The first-order valence-electron chi connectivity index (χ1n) is 7.78. The largest absolute Gasteiger partial charge is 0.430 e. The molecule has 0 saturated heterocycles. The molecular weight excluding hydrogens is 415 g/mol. The normalized spacial score (nSPS) is 14.3. The zero-order chi connectivity index (χ0) is 19.4. The van der Waals surface area contributed by atoms with Crippen LogP contribution in [0.15, 0.2) is 46.6 Å². The Kier molecular flexibility index (Phi) is 6.10. The minimum Gasteiger partial charge on any atom is -0.358 e. The van der Waals surface area contributed by atoms with Crippen molar-refractivity contribution in [2.45, 2.75) is 6.54 Å². The van der Waals surface area contributed by atoms with E-state index in [1.54, 1.807) is 41.4 Å². The van der Waals surface area contributed by atoms with E-state index in [2.05, 4.69) is 20.5 Å². The van der Waals surface area contributed by atoms with Crippen molar-refractivity contribution in [1.29, 1.82) is 0 Å². The first-order valence-corrected chi connectivity index (χ1v) is 8.91. The standard InChI is InChI=1S/C16H13Cl3N6O2/c17-11-2-1-3-12(18)14(11)22-23-16(25(26)27)15-20-6-7-24(15)9-10-4-5-13(19)21-8-10/h1-5,8,22H,6-7,9H2/b23-16-. The van der Waals surface area contributed by atoms with E-state index in [-0.39, 0.29) is 11.5 Å². The van der Waals surface area contributed by atoms with Crippen molar-refractivity contribution in [2.75, 3.05) is 18.5 Å². The molecule has 0 spiro atoms. The van der Waals surface area contributed by atoms with Crippen LogP contribution in [0.2, 0.25) is 15.2 Å². The molecule has 0 saturated carbocycles. The lowest BCUT2D eigenvalue weighted by Gasteiger charge is -2.18. The average Bonchev–Trinajstić information content (AvgIpc) is 3.07. The summed E-state index contributed by atoms with van der Waals surface area (Å²) in [6.45, 7) is 1.34. The molecule has 140 valence electrons. The fourth-order valence-corrected chi connectivity index (χ4v) is 3.05. The average molecular weight is 428 g/mol. The molecule has 1 N–H and O–H groups in total. The van der Waals surface area contributed by atoms with Gasteiger partial charge >= 0.3 is 5.84 Å². The molecule has 1 aliphatic rings. The van der Waals surface area contributed by atoms with Crippen LogP contribution in [0.3, 0.4) is 0 Å². The van der Waals surface area contributed by atoms with Crippen molar-refractivity contribution in [2.24, 2.45) is 10.1 Å². The topological polar surface area (TPSA) is 96.0 Å². The zero-order valence-electron chi connectivity index (χ0n) is 13.8. The zero-order valence-corrected chi connectivity index (χ0v) is 16.0. The molecular formula is C16H13Cl3N6O2. The SMILES string of the molecule is O=[N+]([O-])/C(=N\Nc1c(Cl)cccc1Cl)C1=NCCN1Cc1ccc(Cl)nc1. The quantitative estimate of drug-likeness (QED) is 0.256. The molecule has 2 heterocycles. The van der Waals surface area contributed by atoms with E-state index >= 15 is 0 Å². The maximum atomic E-state index is 11.6. The first-order chi connectivity index (χ1) is 13.0. The van der Waals surface area contributed by atoms with Gasteiger partial charge in [-0.1, -0.05) is 46.9 Å². The van der Waals surface area contributed by atoms with Crippen molar-refractivity contribution in [1.82, 2.24) is 9.88 Å². The van der Waals surface area contributed by atoms with Crippen molar-refractivity contribution >= 4 is 52.2 Å². The van der Waals surface area contributed by atoms with Gasteiger partial charge in [0.05, 0.1) is 21.7 Å². The molecule has 8 nitrogen and oxygen atoms in total. The van der Waals surface area contributed by atoms with E-state index < -0.39 is 10.8 Å². The van der Waals surface area contributed by atoms with Crippen LogP contribution in [0, 0.1) is 10.1 Å². The summed E-state index contributed by atoms with van der Waals surface area (Å²) in [5.74, 6) is -0.254. The number of rotatable bonds is 5. The molecule has 2 aromatic rings. The molecule has 11 heteroatoms. The summed E-state index contributed by atoms with van der Waals surface area (Å²) < 4.78 is 0. The van der Waals surface area contributed by atoms with E-state index in [1.165, 1.54) is 0 Å². The number of anilines is 1. The summed E-state index contributed by atoms with van der Waals surface area (Å²) in [5.41, 5.74) is 3.71. The third-order valence-corrected chi connectivity index (χ3v) is 4.56. The molecule has 0 fully saturated rings. The smallest absolute Gasteiger partial charge is 0.358 e. The summed E-state index contributed by atoms with van der Waals surface area (Å²) in [4.78, 5) is 20.9. The molecule has 3 rings (SSSR count). The Morgan fingerprint density at radius 2 is 2.00 bits per heavy atom. The van der Waals surface area contributed by atoms with Crippen LogP contribution in [0.25, 0.3) is 0 Å². The van der Waals surface area contributed by atoms with Gasteiger partial charge in [0.2, 0.25) is 5.84 Å².